The molecule has 0 saturated carbocycles. The van der Waals surface area contributed by atoms with Crippen molar-refractivity contribution in [2.45, 2.75) is 6.42 Å². The van der Waals surface area contributed by atoms with Crippen LogP contribution in [-0.4, -0.2) is 27.4 Å². The van der Waals surface area contributed by atoms with Crippen molar-refractivity contribution >= 4 is 0 Å². The minimum Gasteiger partial charge on any atom is -0.497 e. The monoisotopic (exact) mass is 313 g/mol. The number of methoxy groups -OCH3 is 2. The van der Waals surface area contributed by atoms with Crippen LogP contribution in [0, 0.1) is 11.3 Å². The fourth-order valence-corrected chi connectivity index (χ4v) is 1.96. The maximum Gasteiger partial charge on any atom is 0.162 e. The van der Waals surface area contributed by atoms with Gasteiger partial charge in [0, 0.05) is 12.5 Å². The average Bonchev–Trinajstić information content (AvgIpc) is 2.62. The molecule has 5 heteroatoms. The zero-order valence-electron chi connectivity index (χ0n) is 13.2. The first-order valence-electron chi connectivity index (χ1n) is 7.24. The SMILES string of the molecule is COc1ccc(OCCCOc2ccc(C#N)cc2OC)cc1. The van der Waals surface area contributed by atoms with Crippen molar-refractivity contribution < 1.29 is 18.9 Å². The van der Waals surface area contributed by atoms with Gasteiger partial charge in [-0.3, -0.25) is 0 Å². The summed E-state index contributed by atoms with van der Waals surface area (Å²) in [4.78, 5) is 0. The predicted octanol–water partition coefficient (Wildman–Crippen LogP) is 3.42. The van der Waals surface area contributed by atoms with E-state index in [1.165, 1.54) is 0 Å². The second-order valence-electron chi connectivity index (χ2n) is 4.70. The lowest BCUT2D eigenvalue weighted by Gasteiger charge is -2.11. The fourth-order valence-electron chi connectivity index (χ4n) is 1.96. The molecule has 0 N–H and O–H groups in total. The molecule has 0 aliphatic carbocycles. The van der Waals surface area contributed by atoms with Gasteiger partial charge >= 0.3 is 0 Å². The van der Waals surface area contributed by atoms with E-state index in [-0.39, 0.29) is 0 Å². The first-order chi connectivity index (χ1) is 11.3. The Labute approximate surface area is 136 Å². The zero-order chi connectivity index (χ0) is 16.5. The molecular weight excluding hydrogens is 294 g/mol. The van der Waals surface area contributed by atoms with E-state index in [1.807, 2.05) is 24.3 Å². The van der Waals surface area contributed by atoms with Crippen LogP contribution in [0.5, 0.6) is 23.0 Å². The lowest BCUT2D eigenvalue weighted by atomic mass is 10.2. The van der Waals surface area contributed by atoms with Crippen molar-refractivity contribution in [3.05, 3.63) is 48.0 Å². The molecule has 2 aromatic carbocycles. The van der Waals surface area contributed by atoms with Gasteiger partial charge in [-0.05, 0) is 36.4 Å². The molecule has 2 aromatic rings. The van der Waals surface area contributed by atoms with Gasteiger partial charge in [-0.25, -0.2) is 0 Å². The Morgan fingerprint density at radius 3 is 2.17 bits per heavy atom. The summed E-state index contributed by atoms with van der Waals surface area (Å²) in [5.74, 6) is 2.77. The normalized spacial score (nSPS) is 9.78. The van der Waals surface area contributed by atoms with Gasteiger partial charge in [-0.1, -0.05) is 0 Å². The number of nitriles is 1. The van der Waals surface area contributed by atoms with Crippen molar-refractivity contribution in [2.75, 3.05) is 27.4 Å². The van der Waals surface area contributed by atoms with Crippen LogP contribution in [-0.2, 0) is 0 Å². The number of rotatable bonds is 8. The highest BCUT2D eigenvalue weighted by Crippen LogP contribution is 2.27. The Morgan fingerprint density at radius 1 is 0.826 bits per heavy atom. The van der Waals surface area contributed by atoms with Crippen LogP contribution in [0.4, 0.5) is 0 Å². The third-order valence-electron chi connectivity index (χ3n) is 3.17. The topological polar surface area (TPSA) is 60.7 Å². The smallest absolute Gasteiger partial charge is 0.162 e. The molecule has 2 rings (SSSR count). The molecule has 0 heterocycles. The first kappa shape index (κ1) is 16.5. The standard InChI is InChI=1S/C18H19NO4/c1-20-15-5-7-16(8-6-15)22-10-3-11-23-17-9-4-14(13-19)12-18(17)21-2/h4-9,12H,3,10-11H2,1-2H3. The van der Waals surface area contributed by atoms with E-state index >= 15 is 0 Å². The minimum absolute atomic E-state index is 0.498. The van der Waals surface area contributed by atoms with Crippen LogP contribution in [0.2, 0.25) is 0 Å². The van der Waals surface area contributed by atoms with Crippen LogP contribution in [0.3, 0.4) is 0 Å². The molecule has 0 amide bonds. The maximum absolute atomic E-state index is 8.86. The molecule has 0 spiro atoms. The van der Waals surface area contributed by atoms with Gasteiger partial charge < -0.3 is 18.9 Å². The molecule has 0 fully saturated rings. The summed E-state index contributed by atoms with van der Waals surface area (Å²) in [5.41, 5.74) is 0.539. The van der Waals surface area contributed by atoms with E-state index in [9.17, 15) is 0 Å². The summed E-state index contributed by atoms with van der Waals surface area (Å²) in [5, 5.41) is 8.86. The molecular formula is C18H19NO4. The summed E-state index contributed by atoms with van der Waals surface area (Å²) in [6.45, 7) is 1.04. The molecule has 120 valence electrons. The fraction of sp³-hybridized carbons (Fsp3) is 0.278. The average molecular weight is 313 g/mol. The highest BCUT2D eigenvalue weighted by Gasteiger charge is 2.05. The van der Waals surface area contributed by atoms with Gasteiger partial charge in [-0.15, -0.1) is 0 Å². The molecule has 0 aliphatic heterocycles. The van der Waals surface area contributed by atoms with Crippen molar-refractivity contribution in [2.24, 2.45) is 0 Å². The highest BCUT2D eigenvalue weighted by atomic mass is 16.5. The summed E-state index contributed by atoms with van der Waals surface area (Å²) in [7, 11) is 3.18. The summed E-state index contributed by atoms with van der Waals surface area (Å²) < 4.78 is 21.6. The van der Waals surface area contributed by atoms with Crippen LogP contribution in [0.15, 0.2) is 42.5 Å². The van der Waals surface area contributed by atoms with Gasteiger partial charge in [0.05, 0.1) is 39.1 Å². The third kappa shape index (κ3) is 4.82. The molecule has 0 atom stereocenters. The van der Waals surface area contributed by atoms with E-state index in [4.69, 9.17) is 24.2 Å². The highest BCUT2D eigenvalue weighted by molar-refractivity contribution is 5.46. The Balaban J connectivity index is 1.76. The lowest BCUT2D eigenvalue weighted by Crippen LogP contribution is -2.05. The summed E-state index contributed by atoms with van der Waals surface area (Å²) in [6, 6.07) is 14.6. The largest absolute Gasteiger partial charge is 0.497 e. The summed E-state index contributed by atoms with van der Waals surface area (Å²) in [6.07, 6.45) is 0.731. The van der Waals surface area contributed by atoms with Gasteiger partial charge in [0.15, 0.2) is 11.5 Å². The molecule has 0 radical (unpaired) electrons. The number of hydrogen-bond donors (Lipinski definition) is 0. The molecule has 5 nitrogen and oxygen atoms in total. The Kier molecular flexibility index (Phi) is 6.13. The van der Waals surface area contributed by atoms with Gasteiger partial charge in [0.25, 0.3) is 0 Å². The Morgan fingerprint density at radius 2 is 1.52 bits per heavy atom. The lowest BCUT2D eigenvalue weighted by molar-refractivity contribution is 0.240. The molecule has 0 aromatic heterocycles. The number of hydrogen-bond acceptors (Lipinski definition) is 5. The third-order valence-corrected chi connectivity index (χ3v) is 3.17. The molecule has 0 bridgehead atoms. The first-order valence-corrected chi connectivity index (χ1v) is 7.24. The Hall–Kier alpha value is -2.87. The van der Waals surface area contributed by atoms with Crippen molar-refractivity contribution in [1.82, 2.24) is 0 Å². The van der Waals surface area contributed by atoms with Crippen molar-refractivity contribution in [3.8, 4) is 29.1 Å². The van der Waals surface area contributed by atoms with E-state index in [1.54, 1.807) is 32.4 Å². The predicted molar refractivity (Wildman–Crippen MR) is 86.3 cm³/mol. The second-order valence-corrected chi connectivity index (χ2v) is 4.70. The van der Waals surface area contributed by atoms with Crippen LogP contribution >= 0.6 is 0 Å². The van der Waals surface area contributed by atoms with Crippen molar-refractivity contribution in [1.29, 1.82) is 5.26 Å². The number of ether oxygens (including phenoxy) is 4. The molecule has 0 aliphatic rings. The Bertz CT molecular complexity index is 662. The molecule has 0 saturated heterocycles. The maximum atomic E-state index is 8.86. The van der Waals surface area contributed by atoms with Crippen LogP contribution < -0.4 is 18.9 Å². The van der Waals surface area contributed by atoms with E-state index in [0.717, 1.165) is 17.9 Å². The second kappa shape index (κ2) is 8.54. The molecule has 0 unspecified atom stereocenters. The van der Waals surface area contributed by atoms with E-state index in [0.29, 0.717) is 30.3 Å². The van der Waals surface area contributed by atoms with Gasteiger partial charge in [0.2, 0.25) is 0 Å². The summed E-state index contributed by atoms with van der Waals surface area (Å²) >= 11 is 0. The number of benzene rings is 2. The quantitative estimate of drug-likeness (QED) is 0.699. The van der Waals surface area contributed by atoms with Gasteiger partial charge in [0.1, 0.15) is 11.5 Å². The van der Waals surface area contributed by atoms with Crippen molar-refractivity contribution in [3.63, 3.8) is 0 Å². The number of nitrogens with zero attached hydrogens (tertiary/aromatic N) is 1. The van der Waals surface area contributed by atoms with E-state index < -0.39 is 0 Å². The molecule has 23 heavy (non-hydrogen) atoms. The van der Waals surface area contributed by atoms with Crippen LogP contribution in [0.1, 0.15) is 12.0 Å². The van der Waals surface area contributed by atoms with E-state index in [2.05, 4.69) is 6.07 Å². The minimum atomic E-state index is 0.498. The van der Waals surface area contributed by atoms with Gasteiger partial charge in [-0.2, -0.15) is 5.26 Å². The van der Waals surface area contributed by atoms with Crippen LogP contribution in [0.25, 0.3) is 0 Å². The zero-order valence-corrected chi connectivity index (χ0v) is 13.2.